The fourth-order valence-corrected chi connectivity index (χ4v) is 2.75. The van der Waals surface area contributed by atoms with Crippen LogP contribution in [-0.4, -0.2) is 10.8 Å². The van der Waals surface area contributed by atoms with Gasteiger partial charge in [0.05, 0.1) is 0 Å². The molecule has 4 heteroatoms. The summed E-state index contributed by atoms with van der Waals surface area (Å²) >= 11 is 0. The summed E-state index contributed by atoms with van der Waals surface area (Å²) in [5.41, 5.74) is 1.62. The van der Waals surface area contributed by atoms with Crippen LogP contribution in [0.5, 0.6) is 0 Å². The quantitative estimate of drug-likeness (QED) is 0.742. The number of halogens is 2. The molecule has 0 N–H and O–H groups in total. The highest BCUT2D eigenvalue weighted by molar-refractivity contribution is 5.96. The molecule has 0 fully saturated rings. The number of Topliss-reactive ketones (excluding diaryl/α,β-unsaturated/α-hetero) is 1. The van der Waals surface area contributed by atoms with Gasteiger partial charge in [-0.1, -0.05) is 18.2 Å². The van der Waals surface area contributed by atoms with Crippen molar-refractivity contribution in [1.29, 1.82) is 0 Å². The van der Waals surface area contributed by atoms with Crippen LogP contribution in [0.3, 0.4) is 0 Å². The summed E-state index contributed by atoms with van der Waals surface area (Å²) in [5.74, 6) is -1.87. The maximum Gasteiger partial charge on any atom is 0.181 e. The molecule has 0 bridgehead atoms. The van der Waals surface area contributed by atoms with Crippen LogP contribution in [0.25, 0.3) is 0 Å². The Hall–Kier alpha value is -2.10. The summed E-state index contributed by atoms with van der Waals surface area (Å²) < 4.78 is 27.3. The monoisotopic (exact) mass is 273 g/mol. The SMILES string of the molecule is O=C1CC[C@H](c2cccc(F)c2F)Cc2cccnc21. The van der Waals surface area contributed by atoms with Gasteiger partial charge in [-0.05, 0) is 42.0 Å². The fraction of sp³-hybridized carbons (Fsp3) is 0.250. The second kappa shape index (κ2) is 5.12. The molecule has 2 nitrogen and oxygen atoms in total. The van der Waals surface area contributed by atoms with E-state index in [4.69, 9.17) is 0 Å². The first-order chi connectivity index (χ1) is 9.66. The van der Waals surface area contributed by atoms with Crippen molar-refractivity contribution in [3.8, 4) is 0 Å². The minimum absolute atomic E-state index is 0.0279. The van der Waals surface area contributed by atoms with Crippen molar-refractivity contribution in [2.45, 2.75) is 25.2 Å². The summed E-state index contributed by atoms with van der Waals surface area (Å²) in [6.07, 6.45) is 2.91. The van der Waals surface area contributed by atoms with Gasteiger partial charge in [-0.15, -0.1) is 0 Å². The van der Waals surface area contributed by atoms with Gasteiger partial charge in [-0.3, -0.25) is 9.78 Å². The lowest BCUT2D eigenvalue weighted by molar-refractivity contribution is 0.0976. The molecule has 1 heterocycles. The number of carbonyl (C=O) groups is 1. The number of fused-ring (bicyclic) bond motifs is 1. The van der Waals surface area contributed by atoms with Crippen molar-refractivity contribution >= 4 is 5.78 Å². The summed E-state index contributed by atoms with van der Waals surface area (Å²) in [6.45, 7) is 0. The van der Waals surface area contributed by atoms with E-state index in [9.17, 15) is 13.6 Å². The van der Waals surface area contributed by atoms with Gasteiger partial charge in [0.1, 0.15) is 5.69 Å². The molecular formula is C16H13F2NO. The van der Waals surface area contributed by atoms with E-state index in [1.54, 1.807) is 18.3 Å². The Morgan fingerprint density at radius 1 is 1.15 bits per heavy atom. The molecule has 1 aliphatic carbocycles. The molecule has 0 aliphatic heterocycles. The maximum absolute atomic E-state index is 13.9. The molecule has 20 heavy (non-hydrogen) atoms. The normalized spacial score (nSPS) is 18.5. The average Bonchev–Trinajstić information content (AvgIpc) is 2.62. The first-order valence-electron chi connectivity index (χ1n) is 6.58. The Kier molecular flexibility index (Phi) is 3.30. The Morgan fingerprint density at radius 2 is 2.00 bits per heavy atom. The Bertz CT molecular complexity index is 669. The van der Waals surface area contributed by atoms with Crippen molar-refractivity contribution in [1.82, 2.24) is 4.98 Å². The third kappa shape index (κ3) is 2.22. The summed E-state index contributed by atoms with van der Waals surface area (Å²) in [5, 5.41) is 0. The number of carbonyl (C=O) groups excluding carboxylic acids is 1. The molecule has 0 saturated carbocycles. The zero-order valence-corrected chi connectivity index (χ0v) is 10.8. The minimum Gasteiger partial charge on any atom is -0.292 e. The zero-order chi connectivity index (χ0) is 14.1. The van der Waals surface area contributed by atoms with Gasteiger partial charge in [0.15, 0.2) is 17.4 Å². The third-order valence-electron chi connectivity index (χ3n) is 3.76. The molecule has 0 radical (unpaired) electrons. The lowest BCUT2D eigenvalue weighted by Crippen LogP contribution is -2.06. The number of hydrogen-bond donors (Lipinski definition) is 0. The van der Waals surface area contributed by atoms with Gasteiger partial charge in [0.2, 0.25) is 0 Å². The van der Waals surface area contributed by atoms with Gasteiger partial charge < -0.3 is 0 Å². The number of benzene rings is 1. The number of rotatable bonds is 1. The van der Waals surface area contributed by atoms with E-state index in [1.165, 1.54) is 6.07 Å². The van der Waals surface area contributed by atoms with Crippen LogP contribution in [0.4, 0.5) is 8.78 Å². The number of ketones is 1. The highest BCUT2D eigenvalue weighted by Gasteiger charge is 2.26. The lowest BCUT2D eigenvalue weighted by Gasteiger charge is -2.15. The van der Waals surface area contributed by atoms with Crippen molar-refractivity contribution in [2.24, 2.45) is 0 Å². The average molecular weight is 273 g/mol. The molecule has 3 rings (SSSR count). The molecule has 0 amide bonds. The Balaban J connectivity index is 2.01. The predicted octanol–water partition coefficient (Wildman–Crippen LogP) is 3.66. The predicted molar refractivity (Wildman–Crippen MR) is 70.6 cm³/mol. The Labute approximate surface area is 115 Å². The van der Waals surface area contributed by atoms with Gasteiger partial charge in [0.25, 0.3) is 0 Å². The molecule has 1 aromatic carbocycles. The van der Waals surface area contributed by atoms with Crippen LogP contribution in [0, 0.1) is 11.6 Å². The van der Waals surface area contributed by atoms with Crippen LogP contribution in [0.1, 0.15) is 40.4 Å². The van der Waals surface area contributed by atoms with E-state index in [-0.39, 0.29) is 11.7 Å². The number of nitrogens with zero attached hydrogens (tertiary/aromatic N) is 1. The van der Waals surface area contributed by atoms with Crippen molar-refractivity contribution in [3.63, 3.8) is 0 Å². The second-order valence-electron chi connectivity index (χ2n) is 5.02. The summed E-state index contributed by atoms with van der Waals surface area (Å²) in [4.78, 5) is 16.1. The molecule has 102 valence electrons. The molecular weight excluding hydrogens is 260 g/mol. The van der Waals surface area contributed by atoms with Crippen molar-refractivity contribution in [3.05, 3.63) is 65.0 Å². The second-order valence-corrected chi connectivity index (χ2v) is 5.02. The lowest BCUT2D eigenvalue weighted by atomic mass is 9.90. The number of hydrogen-bond acceptors (Lipinski definition) is 2. The summed E-state index contributed by atoms with van der Waals surface area (Å²) in [7, 11) is 0. The van der Waals surface area contributed by atoms with E-state index < -0.39 is 11.6 Å². The molecule has 1 aromatic heterocycles. The van der Waals surface area contributed by atoms with Crippen molar-refractivity contribution < 1.29 is 13.6 Å². The van der Waals surface area contributed by atoms with Gasteiger partial charge in [-0.2, -0.15) is 0 Å². The zero-order valence-electron chi connectivity index (χ0n) is 10.8. The van der Waals surface area contributed by atoms with Gasteiger partial charge in [-0.25, -0.2) is 8.78 Å². The van der Waals surface area contributed by atoms with Gasteiger partial charge >= 0.3 is 0 Å². The molecule has 0 unspecified atom stereocenters. The van der Waals surface area contributed by atoms with E-state index in [0.29, 0.717) is 30.5 Å². The Morgan fingerprint density at radius 3 is 2.85 bits per heavy atom. The van der Waals surface area contributed by atoms with Crippen molar-refractivity contribution in [2.75, 3.05) is 0 Å². The van der Waals surface area contributed by atoms with Crippen LogP contribution >= 0.6 is 0 Å². The number of pyridine rings is 1. The van der Waals surface area contributed by atoms with Crippen LogP contribution in [0.2, 0.25) is 0 Å². The maximum atomic E-state index is 13.9. The molecule has 0 saturated heterocycles. The largest absolute Gasteiger partial charge is 0.292 e. The van der Waals surface area contributed by atoms with Crippen LogP contribution < -0.4 is 0 Å². The van der Waals surface area contributed by atoms with E-state index in [2.05, 4.69) is 4.98 Å². The minimum atomic E-state index is -0.843. The fourth-order valence-electron chi connectivity index (χ4n) is 2.75. The topological polar surface area (TPSA) is 30.0 Å². The summed E-state index contributed by atoms with van der Waals surface area (Å²) in [6, 6.07) is 7.79. The van der Waals surface area contributed by atoms with Crippen LogP contribution in [0.15, 0.2) is 36.5 Å². The highest BCUT2D eigenvalue weighted by Crippen LogP contribution is 2.32. The third-order valence-corrected chi connectivity index (χ3v) is 3.76. The van der Waals surface area contributed by atoms with Gasteiger partial charge in [0, 0.05) is 12.6 Å². The first kappa shape index (κ1) is 12.9. The van der Waals surface area contributed by atoms with E-state index >= 15 is 0 Å². The van der Waals surface area contributed by atoms with E-state index in [0.717, 1.165) is 11.6 Å². The molecule has 1 aliphatic rings. The van der Waals surface area contributed by atoms with E-state index in [1.807, 2.05) is 6.07 Å². The molecule has 2 aromatic rings. The first-order valence-corrected chi connectivity index (χ1v) is 6.58. The highest BCUT2D eigenvalue weighted by atomic mass is 19.2. The molecule has 0 spiro atoms. The number of aromatic nitrogens is 1. The molecule has 1 atom stereocenters. The van der Waals surface area contributed by atoms with Crippen LogP contribution in [-0.2, 0) is 6.42 Å². The standard InChI is InChI=1S/C16H13F2NO/c17-13-5-1-4-12(15(13)18)10-6-7-14(20)16-11(9-10)3-2-8-19-16/h1-5,8,10H,6-7,9H2/t10-/m0/s1. The smallest absolute Gasteiger partial charge is 0.181 e.